The summed E-state index contributed by atoms with van der Waals surface area (Å²) in [7, 11) is 0. The lowest BCUT2D eigenvalue weighted by Crippen LogP contribution is -2.19. The fourth-order valence-electron chi connectivity index (χ4n) is 2.45. The van der Waals surface area contributed by atoms with Crippen molar-refractivity contribution < 1.29 is 4.79 Å². The van der Waals surface area contributed by atoms with Gasteiger partial charge in [0.15, 0.2) is 0 Å². The van der Waals surface area contributed by atoms with E-state index in [4.69, 9.17) is 5.26 Å². The average molecular weight is 227 g/mol. The number of hydrogen-bond acceptors (Lipinski definition) is 2. The minimum Gasteiger partial charge on any atom is -0.299 e. The molecule has 1 aromatic carbocycles. The summed E-state index contributed by atoms with van der Waals surface area (Å²) in [5.41, 5.74) is 1.92. The third kappa shape index (κ3) is 3.17. The first kappa shape index (κ1) is 11.9. The van der Waals surface area contributed by atoms with Crippen molar-refractivity contribution in [2.24, 2.45) is 5.92 Å². The molecule has 1 saturated carbocycles. The smallest absolute Gasteiger partial charge is 0.135 e. The summed E-state index contributed by atoms with van der Waals surface area (Å²) in [5.74, 6) is 0.726. The molecule has 2 nitrogen and oxygen atoms in total. The van der Waals surface area contributed by atoms with Crippen molar-refractivity contribution in [1.29, 1.82) is 5.26 Å². The number of benzene rings is 1. The highest BCUT2D eigenvalue weighted by Gasteiger charge is 2.21. The van der Waals surface area contributed by atoms with E-state index in [1.807, 2.05) is 24.3 Å². The normalized spacial score (nSPS) is 19.9. The molecule has 2 heteroatoms. The van der Waals surface area contributed by atoms with Crippen LogP contribution < -0.4 is 0 Å². The van der Waals surface area contributed by atoms with E-state index < -0.39 is 0 Å². The van der Waals surface area contributed by atoms with Gasteiger partial charge >= 0.3 is 0 Å². The minimum absolute atomic E-state index is 0.277. The Morgan fingerprint density at radius 1 is 1.24 bits per heavy atom. The molecule has 1 fully saturated rings. The third-order valence-corrected chi connectivity index (χ3v) is 3.55. The van der Waals surface area contributed by atoms with Crippen LogP contribution in [0.2, 0.25) is 0 Å². The van der Waals surface area contributed by atoms with Crippen LogP contribution in [0.5, 0.6) is 0 Å². The van der Waals surface area contributed by atoms with E-state index >= 15 is 0 Å². The van der Waals surface area contributed by atoms with E-state index in [2.05, 4.69) is 6.07 Å². The van der Waals surface area contributed by atoms with Gasteiger partial charge in [0, 0.05) is 12.3 Å². The van der Waals surface area contributed by atoms with Crippen molar-refractivity contribution in [1.82, 2.24) is 0 Å². The van der Waals surface area contributed by atoms with Gasteiger partial charge < -0.3 is 0 Å². The summed E-state index contributed by atoms with van der Waals surface area (Å²) in [5, 5.41) is 8.70. The lowest BCUT2D eigenvalue weighted by Gasteiger charge is -2.20. The molecule has 0 saturated heterocycles. The van der Waals surface area contributed by atoms with Crippen molar-refractivity contribution in [2.75, 3.05) is 0 Å². The average Bonchev–Trinajstić information content (AvgIpc) is 2.38. The number of carbonyl (C=O) groups is 1. The molecule has 0 amide bonds. The fourth-order valence-corrected chi connectivity index (χ4v) is 2.45. The molecule has 0 spiro atoms. The highest BCUT2D eigenvalue weighted by atomic mass is 16.1. The van der Waals surface area contributed by atoms with Crippen molar-refractivity contribution in [3.63, 3.8) is 0 Å². The highest BCUT2D eigenvalue weighted by molar-refractivity contribution is 5.81. The standard InChI is InChI=1S/C15H17NO/c16-11-13-7-5-12(6-8-13)9-10-14-3-1-2-4-15(14)17/h5-8,14H,1-4,9-10H2. The first-order valence-corrected chi connectivity index (χ1v) is 6.31. The van der Waals surface area contributed by atoms with Gasteiger partial charge in [-0.2, -0.15) is 5.26 Å². The van der Waals surface area contributed by atoms with Crippen LogP contribution >= 0.6 is 0 Å². The summed E-state index contributed by atoms with van der Waals surface area (Å²) in [6, 6.07) is 9.79. The number of hydrogen-bond donors (Lipinski definition) is 0. The molecule has 88 valence electrons. The van der Waals surface area contributed by atoms with Gasteiger partial charge in [-0.1, -0.05) is 18.6 Å². The number of aryl methyl sites for hydroxylation is 1. The lowest BCUT2D eigenvalue weighted by atomic mass is 9.84. The zero-order valence-electron chi connectivity index (χ0n) is 9.98. The Labute approximate surface area is 102 Å². The molecule has 0 bridgehead atoms. The van der Waals surface area contributed by atoms with Crippen LogP contribution in [-0.4, -0.2) is 5.78 Å². The predicted octanol–water partition coefficient (Wildman–Crippen LogP) is 3.25. The maximum Gasteiger partial charge on any atom is 0.135 e. The number of rotatable bonds is 3. The van der Waals surface area contributed by atoms with Crippen molar-refractivity contribution >= 4 is 5.78 Å². The molecule has 0 aromatic heterocycles. The zero-order valence-corrected chi connectivity index (χ0v) is 9.98. The molecule has 1 aliphatic carbocycles. The van der Waals surface area contributed by atoms with Crippen LogP contribution in [0.3, 0.4) is 0 Å². The topological polar surface area (TPSA) is 40.9 Å². The summed E-state index contributed by atoms with van der Waals surface area (Å²) in [6.45, 7) is 0. The third-order valence-electron chi connectivity index (χ3n) is 3.55. The predicted molar refractivity (Wildman–Crippen MR) is 66.4 cm³/mol. The first-order valence-electron chi connectivity index (χ1n) is 6.31. The molecule has 1 atom stereocenters. The molecule has 0 heterocycles. The molecule has 2 rings (SSSR count). The Kier molecular flexibility index (Phi) is 3.93. The maximum atomic E-state index is 11.7. The zero-order chi connectivity index (χ0) is 12.1. The van der Waals surface area contributed by atoms with Gasteiger partial charge in [0.05, 0.1) is 11.6 Å². The van der Waals surface area contributed by atoms with Gasteiger partial charge in [0.1, 0.15) is 5.78 Å². The first-order chi connectivity index (χ1) is 8.29. The van der Waals surface area contributed by atoms with E-state index in [1.54, 1.807) is 0 Å². The van der Waals surface area contributed by atoms with E-state index in [9.17, 15) is 4.79 Å². The monoisotopic (exact) mass is 227 g/mol. The molecular formula is C15H17NO. The largest absolute Gasteiger partial charge is 0.299 e. The number of nitriles is 1. The number of ketones is 1. The molecular weight excluding hydrogens is 210 g/mol. The Morgan fingerprint density at radius 2 is 2.00 bits per heavy atom. The van der Waals surface area contributed by atoms with Gasteiger partial charge in [0.2, 0.25) is 0 Å². The van der Waals surface area contributed by atoms with Gasteiger partial charge in [-0.25, -0.2) is 0 Å². The van der Waals surface area contributed by atoms with Gasteiger partial charge in [-0.15, -0.1) is 0 Å². The number of nitrogens with zero attached hydrogens (tertiary/aromatic N) is 1. The van der Waals surface area contributed by atoms with E-state index in [1.165, 1.54) is 12.0 Å². The lowest BCUT2D eigenvalue weighted by molar-refractivity contribution is -0.124. The SMILES string of the molecule is N#Cc1ccc(CCC2CCCCC2=O)cc1. The van der Waals surface area contributed by atoms with Gasteiger partial charge in [-0.05, 0) is 43.4 Å². The molecule has 0 aliphatic heterocycles. The quantitative estimate of drug-likeness (QED) is 0.795. The van der Waals surface area contributed by atoms with Crippen LogP contribution in [0.4, 0.5) is 0 Å². The molecule has 1 aromatic rings. The Bertz CT molecular complexity index is 427. The second-order valence-corrected chi connectivity index (χ2v) is 4.76. The van der Waals surface area contributed by atoms with Crippen LogP contribution in [-0.2, 0) is 11.2 Å². The van der Waals surface area contributed by atoms with E-state index in [0.717, 1.165) is 32.1 Å². The summed E-state index contributed by atoms with van der Waals surface area (Å²) in [4.78, 5) is 11.7. The van der Waals surface area contributed by atoms with E-state index in [0.29, 0.717) is 11.3 Å². The Balaban J connectivity index is 1.88. The highest BCUT2D eigenvalue weighted by Crippen LogP contribution is 2.24. The van der Waals surface area contributed by atoms with Crippen molar-refractivity contribution in [3.05, 3.63) is 35.4 Å². The second kappa shape index (κ2) is 5.63. The maximum absolute atomic E-state index is 11.7. The second-order valence-electron chi connectivity index (χ2n) is 4.76. The molecule has 0 N–H and O–H groups in total. The van der Waals surface area contributed by atoms with Crippen molar-refractivity contribution in [3.8, 4) is 6.07 Å². The van der Waals surface area contributed by atoms with Crippen LogP contribution in [0.25, 0.3) is 0 Å². The summed E-state index contributed by atoms with van der Waals surface area (Å²) >= 11 is 0. The minimum atomic E-state index is 0.277. The number of Topliss-reactive ketones (excluding diaryl/α,β-unsaturated/α-hetero) is 1. The fraction of sp³-hybridized carbons (Fsp3) is 0.467. The molecule has 1 unspecified atom stereocenters. The van der Waals surface area contributed by atoms with E-state index in [-0.39, 0.29) is 5.92 Å². The van der Waals surface area contributed by atoms with Crippen molar-refractivity contribution in [2.45, 2.75) is 38.5 Å². The Morgan fingerprint density at radius 3 is 2.65 bits per heavy atom. The van der Waals surface area contributed by atoms with Crippen LogP contribution in [0.1, 0.15) is 43.2 Å². The molecule has 0 radical (unpaired) electrons. The van der Waals surface area contributed by atoms with Gasteiger partial charge in [0.25, 0.3) is 0 Å². The molecule has 1 aliphatic rings. The summed E-state index contributed by atoms with van der Waals surface area (Å²) in [6.07, 6.45) is 6.02. The van der Waals surface area contributed by atoms with Crippen LogP contribution in [0.15, 0.2) is 24.3 Å². The number of carbonyl (C=O) groups excluding carboxylic acids is 1. The van der Waals surface area contributed by atoms with Gasteiger partial charge in [-0.3, -0.25) is 4.79 Å². The summed E-state index contributed by atoms with van der Waals surface area (Å²) < 4.78 is 0. The van der Waals surface area contributed by atoms with Crippen LogP contribution in [0, 0.1) is 17.2 Å². The molecule has 17 heavy (non-hydrogen) atoms. The Hall–Kier alpha value is -1.62.